The fourth-order valence-electron chi connectivity index (χ4n) is 4.05. The van der Waals surface area contributed by atoms with Gasteiger partial charge in [-0.05, 0) is 104 Å². The van der Waals surface area contributed by atoms with E-state index in [9.17, 15) is 27.0 Å². The summed E-state index contributed by atoms with van der Waals surface area (Å²) in [6.45, 7) is 1.95. The van der Waals surface area contributed by atoms with Crippen molar-refractivity contribution in [2.45, 2.75) is 32.8 Å². The minimum atomic E-state index is -3.80. The molecule has 0 saturated heterocycles. The quantitative estimate of drug-likeness (QED) is 0.190. The van der Waals surface area contributed by atoms with E-state index in [1.165, 1.54) is 97.1 Å². The molecule has 2 N–H and O–H groups in total. The number of sulfone groups is 2. The van der Waals surface area contributed by atoms with Crippen molar-refractivity contribution < 1.29 is 36.5 Å². The number of hydrogen-bond acceptors (Lipinski definition) is 8. The zero-order chi connectivity index (χ0) is 29.9. The van der Waals surface area contributed by atoms with Gasteiger partial charge in [0.1, 0.15) is 23.0 Å². The van der Waals surface area contributed by atoms with E-state index >= 15 is 0 Å². The third kappa shape index (κ3) is 6.24. The Hall–Kier alpha value is -4.80. The van der Waals surface area contributed by atoms with Gasteiger partial charge in [0, 0.05) is 5.56 Å². The molecular formula is C32H26O8S2. The first-order chi connectivity index (χ1) is 20.0. The number of phenolic OH excluding ortho intramolecular Hbond substituents is 2. The third-order valence-electron chi connectivity index (χ3n) is 6.40. The Morgan fingerprint density at radius 2 is 0.786 bits per heavy atom. The largest absolute Gasteiger partial charge is 0.508 e. The van der Waals surface area contributed by atoms with Crippen LogP contribution in [0.2, 0.25) is 0 Å². The number of hydrogen-bond donors (Lipinski definition) is 2. The summed E-state index contributed by atoms with van der Waals surface area (Å²) in [5.74, 6) is 0.621. The summed E-state index contributed by atoms with van der Waals surface area (Å²) < 4.78 is 64.1. The first-order valence-corrected chi connectivity index (χ1v) is 15.7. The first kappa shape index (κ1) is 28.7. The fraction of sp³-hybridized carbons (Fsp3) is 0.0625. The van der Waals surface area contributed by atoms with Crippen LogP contribution in [0, 0.1) is 6.92 Å². The molecule has 0 aliphatic heterocycles. The molecule has 0 heterocycles. The van der Waals surface area contributed by atoms with Crippen LogP contribution in [-0.2, 0) is 19.7 Å². The van der Waals surface area contributed by atoms with Gasteiger partial charge in [-0.1, -0.05) is 29.8 Å². The fourth-order valence-corrected chi connectivity index (χ4v) is 6.57. The van der Waals surface area contributed by atoms with Crippen LogP contribution in [0.3, 0.4) is 0 Å². The second kappa shape index (κ2) is 11.6. The van der Waals surface area contributed by atoms with Crippen LogP contribution in [-0.4, -0.2) is 27.0 Å². The van der Waals surface area contributed by atoms with Crippen molar-refractivity contribution in [1.82, 2.24) is 0 Å². The highest BCUT2D eigenvalue weighted by atomic mass is 32.2. The second-order valence-electron chi connectivity index (χ2n) is 9.42. The normalized spacial score (nSPS) is 11.8. The molecule has 0 radical (unpaired) electrons. The monoisotopic (exact) mass is 602 g/mol. The van der Waals surface area contributed by atoms with Gasteiger partial charge in [0.25, 0.3) is 6.29 Å². The smallest absolute Gasteiger partial charge is 0.267 e. The summed E-state index contributed by atoms with van der Waals surface area (Å²) in [6, 6.07) is 29.8. The SMILES string of the molecule is Cc1ccc(C(Oc2ccc(S(=O)(=O)c3ccc(O)cc3)cc2)Oc2ccc(S(=O)(=O)c3ccc(O)cc3)cc2)cc1. The van der Waals surface area contributed by atoms with Crippen LogP contribution in [0.15, 0.2) is 141 Å². The highest BCUT2D eigenvalue weighted by Gasteiger charge is 2.21. The van der Waals surface area contributed by atoms with Crippen molar-refractivity contribution in [2.24, 2.45) is 0 Å². The predicted octanol–water partition coefficient (Wildman–Crippen LogP) is 6.23. The number of ether oxygens (including phenoxy) is 2. The van der Waals surface area contributed by atoms with Gasteiger partial charge in [0.15, 0.2) is 0 Å². The molecule has 0 aliphatic rings. The highest BCUT2D eigenvalue weighted by molar-refractivity contribution is 7.91. The lowest BCUT2D eigenvalue weighted by Gasteiger charge is -2.21. The van der Waals surface area contributed by atoms with Crippen molar-refractivity contribution in [3.8, 4) is 23.0 Å². The van der Waals surface area contributed by atoms with E-state index in [2.05, 4.69) is 0 Å². The van der Waals surface area contributed by atoms with Crippen LogP contribution in [0.5, 0.6) is 23.0 Å². The number of rotatable bonds is 9. The van der Waals surface area contributed by atoms with Gasteiger partial charge in [-0.25, -0.2) is 16.8 Å². The molecule has 214 valence electrons. The summed E-state index contributed by atoms with van der Waals surface area (Å²) in [5.41, 5.74) is 1.72. The van der Waals surface area contributed by atoms with Gasteiger partial charge in [0.2, 0.25) is 19.7 Å². The Balaban J connectivity index is 1.38. The molecule has 10 heteroatoms. The molecule has 0 saturated carbocycles. The van der Waals surface area contributed by atoms with Crippen molar-refractivity contribution in [1.29, 1.82) is 0 Å². The molecule has 0 bridgehead atoms. The molecule has 8 nitrogen and oxygen atoms in total. The summed E-state index contributed by atoms with van der Waals surface area (Å²) in [4.78, 5) is 0.203. The van der Waals surface area contributed by atoms with Crippen molar-refractivity contribution in [3.63, 3.8) is 0 Å². The zero-order valence-corrected chi connectivity index (χ0v) is 23.9. The average molecular weight is 603 g/mol. The standard InChI is InChI=1S/C32H26O8S2/c1-22-2-4-23(5-3-22)32(39-26-10-18-30(19-11-26)41(35,36)28-14-6-24(33)7-15-28)40-27-12-20-31(21-13-27)42(37,38)29-16-8-25(34)9-17-29/h2-21,32-34H,1H3. The summed E-state index contributed by atoms with van der Waals surface area (Å²) in [5, 5.41) is 19.0. The average Bonchev–Trinajstić information content (AvgIpc) is 2.98. The van der Waals surface area contributed by atoms with E-state index in [0.717, 1.165) is 5.56 Å². The molecule has 5 aromatic rings. The summed E-state index contributed by atoms with van der Waals surface area (Å²) in [6.07, 6.45) is -0.940. The molecule has 0 atom stereocenters. The van der Waals surface area contributed by atoms with Gasteiger partial charge in [0.05, 0.1) is 19.6 Å². The van der Waals surface area contributed by atoms with E-state index in [-0.39, 0.29) is 31.1 Å². The number of phenols is 2. The molecule has 0 spiro atoms. The van der Waals surface area contributed by atoms with Crippen LogP contribution < -0.4 is 9.47 Å². The van der Waals surface area contributed by atoms with E-state index in [4.69, 9.17) is 9.47 Å². The van der Waals surface area contributed by atoms with Crippen molar-refractivity contribution >= 4 is 19.7 Å². The molecule has 0 amide bonds. The van der Waals surface area contributed by atoms with Gasteiger partial charge in [-0.3, -0.25) is 0 Å². The van der Waals surface area contributed by atoms with Gasteiger partial charge in [-0.2, -0.15) is 0 Å². The van der Waals surface area contributed by atoms with Crippen molar-refractivity contribution in [2.75, 3.05) is 0 Å². The Labute approximate surface area is 243 Å². The predicted molar refractivity (Wildman–Crippen MR) is 155 cm³/mol. The zero-order valence-electron chi connectivity index (χ0n) is 22.3. The highest BCUT2D eigenvalue weighted by Crippen LogP contribution is 2.30. The van der Waals surface area contributed by atoms with E-state index in [0.29, 0.717) is 17.1 Å². The molecule has 0 aromatic heterocycles. The molecule has 5 aromatic carbocycles. The molecule has 0 fully saturated rings. The lowest BCUT2D eigenvalue weighted by Crippen LogP contribution is -2.15. The van der Waals surface area contributed by atoms with E-state index in [1.54, 1.807) is 0 Å². The lowest BCUT2D eigenvalue weighted by molar-refractivity contribution is 0.00373. The van der Waals surface area contributed by atoms with Crippen LogP contribution in [0.1, 0.15) is 17.4 Å². The maximum Gasteiger partial charge on any atom is 0.267 e. The number of aromatic hydroxyl groups is 2. The lowest BCUT2D eigenvalue weighted by atomic mass is 10.1. The Morgan fingerprint density at radius 3 is 1.12 bits per heavy atom. The molecule has 0 unspecified atom stereocenters. The minimum absolute atomic E-state index is 0.0338. The topological polar surface area (TPSA) is 127 Å². The third-order valence-corrected chi connectivity index (χ3v) is 9.97. The van der Waals surface area contributed by atoms with Gasteiger partial charge >= 0.3 is 0 Å². The van der Waals surface area contributed by atoms with Crippen LogP contribution in [0.25, 0.3) is 0 Å². The van der Waals surface area contributed by atoms with Crippen LogP contribution >= 0.6 is 0 Å². The van der Waals surface area contributed by atoms with Crippen molar-refractivity contribution in [3.05, 3.63) is 132 Å². The van der Waals surface area contributed by atoms with E-state index < -0.39 is 26.0 Å². The van der Waals surface area contributed by atoms with Crippen LogP contribution in [0.4, 0.5) is 0 Å². The summed E-state index contributed by atoms with van der Waals surface area (Å²) in [7, 11) is -7.61. The number of aryl methyl sites for hydroxylation is 1. The maximum atomic E-state index is 13.0. The summed E-state index contributed by atoms with van der Waals surface area (Å²) >= 11 is 0. The van der Waals surface area contributed by atoms with Gasteiger partial charge in [-0.15, -0.1) is 0 Å². The minimum Gasteiger partial charge on any atom is -0.508 e. The number of benzene rings is 5. The van der Waals surface area contributed by atoms with Gasteiger partial charge < -0.3 is 19.7 Å². The first-order valence-electron chi connectivity index (χ1n) is 12.7. The molecular weight excluding hydrogens is 576 g/mol. The molecule has 5 rings (SSSR count). The Bertz CT molecular complexity index is 1760. The second-order valence-corrected chi connectivity index (χ2v) is 13.3. The molecule has 0 aliphatic carbocycles. The molecule has 42 heavy (non-hydrogen) atoms. The van der Waals surface area contributed by atoms with E-state index in [1.807, 2.05) is 31.2 Å². The maximum absolute atomic E-state index is 13.0. The Morgan fingerprint density at radius 1 is 0.476 bits per heavy atom. The Kier molecular flexibility index (Phi) is 7.93.